The molecule has 3 rings (SSSR count). The van der Waals surface area contributed by atoms with Crippen LogP contribution in [0.25, 0.3) is 11.0 Å². The first-order chi connectivity index (χ1) is 10.1. The molecule has 0 saturated heterocycles. The molecule has 0 N–H and O–H groups in total. The van der Waals surface area contributed by atoms with Crippen molar-refractivity contribution in [3.8, 4) is 0 Å². The molecule has 4 heteroatoms. The van der Waals surface area contributed by atoms with Crippen LogP contribution < -0.4 is 5.63 Å². The van der Waals surface area contributed by atoms with Crippen molar-refractivity contribution < 1.29 is 9.21 Å². The number of amides is 1. The van der Waals surface area contributed by atoms with Crippen LogP contribution in [-0.4, -0.2) is 23.4 Å². The van der Waals surface area contributed by atoms with Gasteiger partial charge in [-0.1, -0.05) is 32.0 Å². The molecule has 0 unspecified atom stereocenters. The molecule has 1 heterocycles. The summed E-state index contributed by atoms with van der Waals surface area (Å²) in [6, 6.07) is 9.19. The average molecular weight is 285 g/mol. The minimum absolute atomic E-state index is 0.140. The van der Waals surface area contributed by atoms with Gasteiger partial charge in [-0.25, -0.2) is 4.79 Å². The smallest absolute Gasteiger partial charge is 0.349 e. The van der Waals surface area contributed by atoms with E-state index in [9.17, 15) is 9.59 Å². The fraction of sp³-hybridized carbons (Fsp3) is 0.412. The van der Waals surface area contributed by atoms with Gasteiger partial charge in [-0.3, -0.25) is 4.79 Å². The summed E-state index contributed by atoms with van der Waals surface area (Å²) in [6.07, 6.45) is 2.05. The molecule has 2 aromatic rings. The van der Waals surface area contributed by atoms with Gasteiger partial charge in [0.1, 0.15) is 11.1 Å². The van der Waals surface area contributed by atoms with Gasteiger partial charge in [-0.2, -0.15) is 0 Å². The lowest BCUT2D eigenvalue weighted by Crippen LogP contribution is -2.38. The number of carbonyl (C=O) groups excluding carboxylic acids is 1. The Kier molecular flexibility index (Phi) is 3.53. The van der Waals surface area contributed by atoms with E-state index in [1.807, 2.05) is 23.1 Å². The van der Waals surface area contributed by atoms with E-state index in [4.69, 9.17) is 4.42 Å². The van der Waals surface area contributed by atoms with Gasteiger partial charge in [0, 0.05) is 18.0 Å². The molecule has 0 spiro atoms. The summed E-state index contributed by atoms with van der Waals surface area (Å²) in [4.78, 5) is 26.6. The van der Waals surface area contributed by atoms with Crippen LogP contribution in [0.2, 0.25) is 0 Å². The van der Waals surface area contributed by atoms with Crippen LogP contribution in [0, 0.1) is 5.92 Å². The molecule has 1 aliphatic rings. The number of carbonyl (C=O) groups is 1. The third-order valence-electron chi connectivity index (χ3n) is 3.68. The van der Waals surface area contributed by atoms with E-state index >= 15 is 0 Å². The predicted octanol–water partition coefficient (Wildman–Crippen LogP) is 3.05. The zero-order chi connectivity index (χ0) is 15.0. The van der Waals surface area contributed by atoms with E-state index < -0.39 is 5.63 Å². The highest BCUT2D eigenvalue weighted by Crippen LogP contribution is 2.29. The largest absolute Gasteiger partial charge is 0.422 e. The van der Waals surface area contributed by atoms with Gasteiger partial charge in [-0.05, 0) is 30.9 Å². The molecule has 1 aromatic heterocycles. The molecule has 1 amide bonds. The quantitative estimate of drug-likeness (QED) is 0.811. The van der Waals surface area contributed by atoms with Crippen molar-refractivity contribution in [2.45, 2.75) is 32.7 Å². The molecule has 110 valence electrons. The molecular weight excluding hydrogens is 266 g/mol. The maximum Gasteiger partial charge on any atom is 0.349 e. The molecule has 0 aliphatic heterocycles. The van der Waals surface area contributed by atoms with Crippen molar-refractivity contribution in [3.05, 3.63) is 46.3 Å². The van der Waals surface area contributed by atoms with Crippen molar-refractivity contribution in [2.75, 3.05) is 6.54 Å². The molecule has 21 heavy (non-hydrogen) atoms. The first kappa shape index (κ1) is 13.9. The normalized spacial score (nSPS) is 14.6. The van der Waals surface area contributed by atoms with Gasteiger partial charge in [0.25, 0.3) is 5.91 Å². The Morgan fingerprint density at radius 2 is 2.05 bits per heavy atom. The van der Waals surface area contributed by atoms with Crippen LogP contribution >= 0.6 is 0 Å². The highest BCUT2D eigenvalue weighted by molar-refractivity contribution is 5.97. The number of rotatable bonds is 4. The van der Waals surface area contributed by atoms with Crippen molar-refractivity contribution in [1.29, 1.82) is 0 Å². The number of nitrogens with zero attached hydrogens (tertiary/aromatic N) is 1. The zero-order valence-electron chi connectivity index (χ0n) is 12.3. The van der Waals surface area contributed by atoms with Crippen LogP contribution in [0.15, 0.2) is 39.5 Å². The van der Waals surface area contributed by atoms with Gasteiger partial charge in [0.15, 0.2) is 0 Å². The SMILES string of the molecule is CC(C)CN(C(=O)c1cc2ccccc2oc1=O)C1CC1. The van der Waals surface area contributed by atoms with Gasteiger partial charge in [0.2, 0.25) is 0 Å². The molecule has 4 nitrogen and oxygen atoms in total. The Hall–Kier alpha value is -2.10. The van der Waals surface area contributed by atoms with E-state index in [2.05, 4.69) is 13.8 Å². The lowest BCUT2D eigenvalue weighted by molar-refractivity contribution is 0.0718. The zero-order valence-corrected chi connectivity index (χ0v) is 12.3. The third-order valence-corrected chi connectivity index (χ3v) is 3.68. The molecule has 0 bridgehead atoms. The number of hydrogen-bond donors (Lipinski definition) is 0. The van der Waals surface area contributed by atoms with Crippen molar-refractivity contribution >= 4 is 16.9 Å². The Morgan fingerprint density at radius 1 is 1.33 bits per heavy atom. The van der Waals surface area contributed by atoms with E-state index in [0.29, 0.717) is 18.0 Å². The second-order valence-electron chi connectivity index (χ2n) is 6.07. The fourth-order valence-corrected chi connectivity index (χ4v) is 2.54. The number of benzene rings is 1. The summed E-state index contributed by atoms with van der Waals surface area (Å²) in [5.74, 6) is 0.174. The van der Waals surface area contributed by atoms with Gasteiger partial charge >= 0.3 is 5.63 Å². The maximum absolute atomic E-state index is 12.7. The Labute approximate surface area is 123 Å². The average Bonchev–Trinajstić information content (AvgIpc) is 3.27. The highest BCUT2D eigenvalue weighted by atomic mass is 16.4. The molecule has 1 aliphatic carbocycles. The first-order valence-electron chi connectivity index (χ1n) is 7.40. The van der Waals surface area contributed by atoms with E-state index in [-0.39, 0.29) is 17.5 Å². The Morgan fingerprint density at radius 3 is 2.71 bits per heavy atom. The minimum Gasteiger partial charge on any atom is -0.422 e. The van der Waals surface area contributed by atoms with Crippen LogP contribution in [0.5, 0.6) is 0 Å². The summed E-state index contributed by atoms with van der Waals surface area (Å²) < 4.78 is 5.27. The first-order valence-corrected chi connectivity index (χ1v) is 7.40. The highest BCUT2D eigenvalue weighted by Gasteiger charge is 2.34. The standard InChI is InChI=1S/C17H19NO3/c1-11(2)10-18(13-7-8-13)16(19)14-9-12-5-3-4-6-15(12)21-17(14)20/h3-6,9,11,13H,7-8,10H2,1-2H3. The van der Waals surface area contributed by atoms with Crippen molar-refractivity contribution in [1.82, 2.24) is 4.90 Å². The summed E-state index contributed by atoms with van der Waals surface area (Å²) in [5, 5.41) is 0.778. The Balaban J connectivity index is 1.99. The lowest BCUT2D eigenvalue weighted by atomic mass is 10.1. The summed E-state index contributed by atoms with van der Waals surface area (Å²) >= 11 is 0. The number of para-hydroxylation sites is 1. The van der Waals surface area contributed by atoms with Crippen LogP contribution in [0.1, 0.15) is 37.0 Å². The molecule has 0 radical (unpaired) electrons. The summed E-state index contributed by atoms with van der Waals surface area (Å²) in [6.45, 7) is 4.83. The molecule has 1 aromatic carbocycles. The van der Waals surface area contributed by atoms with E-state index in [1.54, 1.807) is 12.1 Å². The number of hydrogen-bond acceptors (Lipinski definition) is 3. The van der Waals surface area contributed by atoms with Gasteiger partial charge in [0.05, 0.1) is 0 Å². The topological polar surface area (TPSA) is 50.5 Å². The van der Waals surface area contributed by atoms with E-state index in [0.717, 1.165) is 18.2 Å². The Bertz CT molecular complexity index is 728. The third kappa shape index (κ3) is 2.84. The second kappa shape index (κ2) is 5.35. The van der Waals surface area contributed by atoms with Crippen LogP contribution in [-0.2, 0) is 0 Å². The molecular formula is C17H19NO3. The molecule has 1 saturated carbocycles. The van der Waals surface area contributed by atoms with Crippen molar-refractivity contribution in [2.24, 2.45) is 5.92 Å². The van der Waals surface area contributed by atoms with E-state index in [1.165, 1.54) is 0 Å². The van der Waals surface area contributed by atoms with Gasteiger partial charge < -0.3 is 9.32 Å². The lowest BCUT2D eigenvalue weighted by Gasteiger charge is -2.24. The summed E-state index contributed by atoms with van der Waals surface area (Å²) in [7, 11) is 0. The minimum atomic E-state index is -0.548. The monoisotopic (exact) mass is 285 g/mol. The van der Waals surface area contributed by atoms with Crippen LogP contribution in [0.4, 0.5) is 0 Å². The second-order valence-corrected chi connectivity index (χ2v) is 6.07. The molecule has 0 atom stereocenters. The fourth-order valence-electron chi connectivity index (χ4n) is 2.54. The molecule has 1 fully saturated rings. The number of fused-ring (bicyclic) bond motifs is 1. The van der Waals surface area contributed by atoms with Crippen LogP contribution in [0.3, 0.4) is 0 Å². The predicted molar refractivity (Wildman–Crippen MR) is 81.4 cm³/mol. The van der Waals surface area contributed by atoms with Gasteiger partial charge in [-0.15, -0.1) is 0 Å². The van der Waals surface area contributed by atoms with Crippen molar-refractivity contribution in [3.63, 3.8) is 0 Å². The maximum atomic E-state index is 12.7. The summed E-state index contributed by atoms with van der Waals surface area (Å²) in [5.41, 5.74) is 0.107.